The van der Waals surface area contributed by atoms with Gasteiger partial charge in [-0.1, -0.05) is 29.8 Å². The minimum absolute atomic E-state index is 0.0452. The van der Waals surface area contributed by atoms with E-state index in [4.69, 9.17) is 0 Å². The lowest BCUT2D eigenvalue weighted by Gasteiger charge is -2.14. The fraction of sp³-hybridized carbons (Fsp3) is 0.462. The van der Waals surface area contributed by atoms with Gasteiger partial charge in [0.2, 0.25) is 5.91 Å². The van der Waals surface area contributed by atoms with E-state index in [1.807, 2.05) is 13.8 Å². The maximum Gasteiger partial charge on any atom is 0.416 e. The van der Waals surface area contributed by atoms with Gasteiger partial charge in [-0.2, -0.15) is 13.2 Å². The van der Waals surface area contributed by atoms with Crippen LogP contribution >= 0.6 is 15.9 Å². The molecule has 0 spiro atoms. The molecule has 1 aromatic carbocycles. The van der Waals surface area contributed by atoms with Crippen molar-refractivity contribution in [2.24, 2.45) is 5.92 Å². The van der Waals surface area contributed by atoms with Crippen molar-refractivity contribution in [1.29, 1.82) is 0 Å². The summed E-state index contributed by atoms with van der Waals surface area (Å²) in [5.74, 6) is -0.738. The quantitative estimate of drug-likeness (QED) is 0.630. The second kappa shape index (κ2) is 6.47. The van der Waals surface area contributed by atoms with Crippen molar-refractivity contribution in [1.82, 2.24) is 0 Å². The summed E-state index contributed by atoms with van der Waals surface area (Å²) < 4.78 is 37.3. The number of hydrogen-bond acceptors (Lipinski definition) is 2. The van der Waals surface area contributed by atoms with E-state index >= 15 is 0 Å². The lowest BCUT2D eigenvalue weighted by molar-refractivity contribution is -0.137. The van der Waals surface area contributed by atoms with Crippen molar-refractivity contribution in [3.8, 4) is 5.75 Å². The number of phenols is 1. The monoisotopic (exact) mass is 353 g/mol. The lowest BCUT2D eigenvalue weighted by atomic mass is 10.1. The van der Waals surface area contributed by atoms with Gasteiger partial charge in [-0.05, 0) is 30.5 Å². The maximum absolute atomic E-state index is 12.4. The van der Waals surface area contributed by atoms with Gasteiger partial charge < -0.3 is 10.4 Å². The van der Waals surface area contributed by atoms with Crippen molar-refractivity contribution in [2.45, 2.75) is 31.3 Å². The van der Waals surface area contributed by atoms with E-state index in [9.17, 15) is 23.1 Å². The van der Waals surface area contributed by atoms with Gasteiger partial charge in [0, 0.05) is 0 Å². The summed E-state index contributed by atoms with van der Waals surface area (Å²) in [6.07, 6.45) is -3.96. The second-order valence-corrected chi connectivity index (χ2v) is 5.92. The van der Waals surface area contributed by atoms with Gasteiger partial charge >= 0.3 is 6.18 Å². The first-order chi connectivity index (χ1) is 9.11. The van der Waals surface area contributed by atoms with Crippen LogP contribution in [0.15, 0.2) is 18.2 Å². The normalized spacial score (nSPS) is 13.3. The zero-order valence-electron chi connectivity index (χ0n) is 11.0. The fourth-order valence-corrected chi connectivity index (χ4v) is 2.41. The minimum atomic E-state index is -4.53. The third kappa shape index (κ3) is 4.70. The van der Waals surface area contributed by atoms with E-state index in [1.165, 1.54) is 0 Å². The van der Waals surface area contributed by atoms with Crippen LogP contribution in [0.1, 0.15) is 25.8 Å². The van der Waals surface area contributed by atoms with Gasteiger partial charge in [-0.25, -0.2) is 0 Å². The SMILES string of the molecule is CC(C)CC(Br)C(=O)Nc1ccc(C(F)(F)F)cc1O. The van der Waals surface area contributed by atoms with Gasteiger partial charge in [0.05, 0.1) is 16.1 Å². The van der Waals surface area contributed by atoms with Crippen LogP contribution in [-0.4, -0.2) is 15.8 Å². The summed E-state index contributed by atoms with van der Waals surface area (Å²) in [5.41, 5.74) is -1.01. The van der Waals surface area contributed by atoms with E-state index in [-0.39, 0.29) is 11.6 Å². The number of anilines is 1. The van der Waals surface area contributed by atoms with Crippen molar-refractivity contribution in [2.75, 3.05) is 5.32 Å². The van der Waals surface area contributed by atoms with Crippen LogP contribution in [0.2, 0.25) is 0 Å². The van der Waals surface area contributed by atoms with Crippen LogP contribution in [-0.2, 0) is 11.0 Å². The van der Waals surface area contributed by atoms with Crippen molar-refractivity contribution < 1.29 is 23.1 Å². The molecule has 0 saturated heterocycles. The lowest BCUT2D eigenvalue weighted by Crippen LogP contribution is -2.24. The number of hydrogen-bond donors (Lipinski definition) is 2. The number of carbonyl (C=O) groups excluding carboxylic acids is 1. The molecular weight excluding hydrogens is 339 g/mol. The molecule has 0 saturated carbocycles. The van der Waals surface area contributed by atoms with Crippen molar-refractivity contribution in [3.63, 3.8) is 0 Å². The molecule has 3 nitrogen and oxygen atoms in total. The van der Waals surface area contributed by atoms with E-state index in [0.29, 0.717) is 12.5 Å². The Morgan fingerprint density at radius 1 is 1.40 bits per heavy atom. The summed E-state index contributed by atoms with van der Waals surface area (Å²) in [5, 5.41) is 11.9. The first kappa shape index (κ1) is 16.8. The summed E-state index contributed by atoms with van der Waals surface area (Å²) in [7, 11) is 0. The second-order valence-electron chi connectivity index (χ2n) is 4.82. The van der Waals surface area contributed by atoms with Gasteiger partial charge in [0.1, 0.15) is 5.75 Å². The molecule has 1 unspecified atom stereocenters. The average molecular weight is 354 g/mol. The highest BCUT2D eigenvalue weighted by Gasteiger charge is 2.31. The molecule has 1 aromatic rings. The number of aromatic hydroxyl groups is 1. The Hall–Kier alpha value is -1.24. The number of phenolic OH excluding ortho intramolecular Hbond substituents is 1. The molecule has 1 atom stereocenters. The molecule has 0 aliphatic carbocycles. The molecule has 1 rings (SSSR count). The average Bonchev–Trinajstić information content (AvgIpc) is 2.29. The van der Waals surface area contributed by atoms with Crippen LogP contribution in [0.3, 0.4) is 0 Å². The molecule has 0 heterocycles. The maximum atomic E-state index is 12.4. The van der Waals surface area contributed by atoms with E-state index < -0.39 is 28.2 Å². The van der Waals surface area contributed by atoms with E-state index in [1.54, 1.807) is 0 Å². The predicted molar refractivity (Wildman–Crippen MR) is 73.9 cm³/mol. The first-order valence-electron chi connectivity index (χ1n) is 5.96. The summed E-state index contributed by atoms with van der Waals surface area (Å²) in [6.45, 7) is 3.88. The summed E-state index contributed by atoms with van der Waals surface area (Å²) in [6, 6.07) is 2.42. The van der Waals surface area contributed by atoms with Gasteiger partial charge in [0.15, 0.2) is 0 Å². The molecular formula is C13H15BrF3NO2. The van der Waals surface area contributed by atoms with Crippen LogP contribution in [0, 0.1) is 5.92 Å². The Bertz CT molecular complexity index is 489. The Morgan fingerprint density at radius 2 is 2.00 bits per heavy atom. The molecule has 0 bridgehead atoms. The molecule has 0 fully saturated rings. The van der Waals surface area contributed by atoms with Crippen molar-refractivity contribution >= 4 is 27.5 Å². The van der Waals surface area contributed by atoms with Crippen molar-refractivity contribution in [3.05, 3.63) is 23.8 Å². The number of carbonyl (C=O) groups is 1. The number of alkyl halides is 4. The highest BCUT2D eigenvalue weighted by molar-refractivity contribution is 9.10. The van der Waals surface area contributed by atoms with Crippen LogP contribution in [0.5, 0.6) is 5.75 Å². The summed E-state index contributed by atoms with van der Waals surface area (Å²) >= 11 is 3.20. The highest BCUT2D eigenvalue weighted by atomic mass is 79.9. The van der Waals surface area contributed by atoms with E-state index in [0.717, 1.165) is 12.1 Å². The molecule has 2 N–H and O–H groups in total. The van der Waals surface area contributed by atoms with Crippen LogP contribution in [0.25, 0.3) is 0 Å². The Morgan fingerprint density at radius 3 is 2.45 bits per heavy atom. The highest BCUT2D eigenvalue weighted by Crippen LogP contribution is 2.34. The third-order valence-electron chi connectivity index (χ3n) is 2.55. The smallest absolute Gasteiger partial charge is 0.416 e. The topological polar surface area (TPSA) is 49.3 Å². The molecule has 112 valence electrons. The minimum Gasteiger partial charge on any atom is -0.506 e. The molecule has 7 heteroatoms. The number of rotatable bonds is 4. The first-order valence-corrected chi connectivity index (χ1v) is 6.88. The summed E-state index contributed by atoms with van der Waals surface area (Å²) in [4.78, 5) is 11.3. The fourth-order valence-electron chi connectivity index (χ4n) is 1.55. The zero-order valence-corrected chi connectivity index (χ0v) is 12.5. The van der Waals surface area contributed by atoms with Gasteiger partial charge in [-0.15, -0.1) is 0 Å². The zero-order chi connectivity index (χ0) is 15.5. The Balaban J connectivity index is 2.81. The molecule has 0 aliphatic rings. The number of nitrogens with one attached hydrogen (secondary N) is 1. The number of halogens is 4. The Labute approximate surface area is 123 Å². The Kier molecular flexibility index (Phi) is 5.44. The standard InChI is InChI=1S/C13H15BrF3NO2/c1-7(2)5-9(14)12(20)18-10-4-3-8(6-11(10)19)13(15,16)17/h3-4,6-7,9,19H,5H2,1-2H3,(H,18,20). The van der Waals surface area contributed by atoms with Crippen LogP contribution in [0.4, 0.5) is 18.9 Å². The number of amides is 1. The largest absolute Gasteiger partial charge is 0.506 e. The predicted octanol–water partition coefficient (Wildman–Crippen LogP) is 4.16. The number of benzene rings is 1. The van der Waals surface area contributed by atoms with Gasteiger partial charge in [-0.3, -0.25) is 4.79 Å². The molecule has 0 aliphatic heterocycles. The molecule has 0 aromatic heterocycles. The van der Waals surface area contributed by atoms with Crippen LogP contribution < -0.4 is 5.32 Å². The van der Waals surface area contributed by atoms with Gasteiger partial charge in [0.25, 0.3) is 0 Å². The molecule has 0 radical (unpaired) electrons. The van der Waals surface area contributed by atoms with E-state index in [2.05, 4.69) is 21.2 Å². The molecule has 1 amide bonds. The third-order valence-corrected chi connectivity index (χ3v) is 3.34. The molecule has 20 heavy (non-hydrogen) atoms.